The van der Waals surface area contributed by atoms with Crippen LogP contribution in [0.25, 0.3) is 0 Å². The first-order chi connectivity index (χ1) is 8.83. The molecule has 1 aromatic rings. The van der Waals surface area contributed by atoms with Crippen LogP contribution in [0.15, 0.2) is 24.3 Å². The fourth-order valence-corrected chi connectivity index (χ4v) is 3.59. The Hall–Kier alpha value is -0.860. The average Bonchev–Trinajstić information content (AvgIpc) is 2.98. The number of rotatable bonds is 3. The molecule has 1 aromatic carbocycles. The Labute approximate surface area is 110 Å². The zero-order valence-corrected chi connectivity index (χ0v) is 11.4. The van der Waals surface area contributed by atoms with Gasteiger partial charge >= 0.3 is 0 Å². The molecular formula is C16H24N2. The molecule has 0 aromatic heterocycles. The SMILES string of the molecule is Cc1cccc(CN2CCCC2C2CCCN2)c1. The quantitative estimate of drug-likeness (QED) is 0.879. The van der Waals surface area contributed by atoms with Crippen molar-refractivity contribution >= 4 is 0 Å². The third kappa shape index (κ3) is 2.60. The summed E-state index contributed by atoms with van der Waals surface area (Å²) in [5.74, 6) is 0. The summed E-state index contributed by atoms with van der Waals surface area (Å²) in [7, 11) is 0. The van der Waals surface area contributed by atoms with Crippen molar-refractivity contribution in [2.24, 2.45) is 0 Å². The molecule has 2 aliphatic heterocycles. The molecular weight excluding hydrogens is 220 g/mol. The lowest BCUT2D eigenvalue weighted by molar-refractivity contribution is 0.206. The van der Waals surface area contributed by atoms with Crippen LogP contribution in [0.5, 0.6) is 0 Å². The molecule has 2 unspecified atom stereocenters. The third-order valence-electron chi connectivity index (χ3n) is 4.45. The van der Waals surface area contributed by atoms with Crippen LogP contribution >= 0.6 is 0 Å². The van der Waals surface area contributed by atoms with E-state index in [-0.39, 0.29) is 0 Å². The zero-order valence-electron chi connectivity index (χ0n) is 11.4. The summed E-state index contributed by atoms with van der Waals surface area (Å²) in [6, 6.07) is 10.5. The number of nitrogens with one attached hydrogen (secondary N) is 1. The van der Waals surface area contributed by atoms with Gasteiger partial charge in [-0.15, -0.1) is 0 Å². The summed E-state index contributed by atoms with van der Waals surface area (Å²) in [5.41, 5.74) is 2.85. The smallest absolute Gasteiger partial charge is 0.0253 e. The molecule has 1 N–H and O–H groups in total. The standard InChI is InChI=1S/C16H24N2/c1-13-5-2-6-14(11-13)12-18-10-4-8-16(18)15-7-3-9-17-15/h2,5-6,11,15-17H,3-4,7-10,12H2,1H3. The van der Waals surface area contributed by atoms with Gasteiger partial charge in [0.25, 0.3) is 0 Å². The molecule has 2 aliphatic rings. The van der Waals surface area contributed by atoms with Crippen LogP contribution in [0.1, 0.15) is 36.8 Å². The highest BCUT2D eigenvalue weighted by molar-refractivity contribution is 5.22. The molecule has 0 aliphatic carbocycles. The number of likely N-dealkylation sites (tertiary alicyclic amines) is 1. The largest absolute Gasteiger partial charge is 0.312 e. The van der Waals surface area contributed by atoms with Crippen LogP contribution in [0.2, 0.25) is 0 Å². The Morgan fingerprint density at radius 3 is 3.00 bits per heavy atom. The molecule has 2 nitrogen and oxygen atoms in total. The van der Waals surface area contributed by atoms with E-state index in [4.69, 9.17) is 0 Å². The minimum Gasteiger partial charge on any atom is -0.312 e. The van der Waals surface area contributed by atoms with Gasteiger partial charge in [0.15, 0.2) is 0 Å². The fourth-order valence-electron chi connectivity index (χ4n) is 3.59. The van der Waals surface area contributed by atoms with Gasteiger partial charge in [-0.1, -0.05) is 29.8 Å². The van der Waals surface area contributed by atoms with Crippen molar-refractivity contribution in [1.82, 2.24) is 10.2 Å². The molecule has 2 atom stereocenters. The number of hydrogen-bond donors (Lipinski definition) is 1. The van der Waals surface area contributed by atoms with E-state index in [1.807, 2.05) is 0 Å². The molecule has 98 valence electrons. The summed E-state index contributed by atoms with van der Waals surface area (Å²) in [4.78, 5) is 2.69. The molecule has 3 rings (SSSR count). The average molecular weight is 244 g/mol. The number of nitrogens with zero attached hydrogens (tertiary/aromatic N) is 1. The second kappa shape index (κ2) is 5.41. The van der Waals surface area contributed by atoms with Crippen LogP contribution in [0.4, 0.5) is 0 Å². The first-order valence-corrected chi connectivity index (χ1v) is 7.36. The molecule has 2 heteroatoms. The second-order valence-electron chi connectivity index (χ2n) is 5.87. The van der Waals surface area contributed by atoms with Crippen molar-refractivity contribution in [1.29, 1.82) is 0 Å². The summed E-state index contributed by atoms with van der Waals surface area (Å²) >= 11 is 0. The van der Waals surface area contributed by atoms with Gasteiger partial charge in [-0.3, -0.25) is 4.90 Å². The third-order valence-corrected chi connectivity index (χ3v) is 4.45. The van der Waals surface area contributed by atoms with Crippen molar-refractivity contribution in [3.05, 3.63) is 35.4 Å². The predicted octanol–water partition coefficient (Wildman–Crippen LogP) is 2.71. The minimum atomic E-state index is 0.748. The molecule has 0 radical (unpaired) electrons. The molecule has 2 heterocycles. The lowest BCUT2D eigenvalue weighted by Gasteiger charge is -2.29. The summed E-state index contributed by atoms with van der Waals surface area (Å²) < 4.78 is 0. The van der Waals surface area contributed by atoms with Crippen LogP contribution in [-0.4, -0.2) is 30.1 Å². The maximum absolute atomic E-state index is 3.68. The first kappa shape index (κ1) is 12.2. The topological polar surface area (TPSA) is 15.3 Å². The van der Waals surface area contributed by atoms with Gasteiger partial charge in [-0.25, -0.2) is 0 Å². The minimum absolute atomic E-state index is 0.748. The highest BCUT2D eigenvalue weighted by atomic mass is 15.2. The number of aryl methyl sites for hydroxylation is 1. The Bertz CT molecular complexity index is 396. The van der Waals surface area contributed by atoms with Crippen LogP contribution in [0.3, 0.4) is 0 Å². The van der Waals surface area contributed by atoms with Gasteiger partial charge in [0, 0.05) is 18.6 Å². The first-order valence-electron chi connectivity index (χ1n) is 7.36. The van der Waals surface area contributed by atoms with Crippen molar-refractivity contribution in [3.63, 3.8) is 0 Å². The van der Waals surface area contributed by atoms with Crippen molar-refractivity contribution in [2.75, 3.05) is 13.1 Å². The highest BCUT2D eigenvalue weighted by Gasteiger charge is 2.32. The maximum Gasteiger partial charge on any atom is 0.0253 e. The number of benzene rings is 1. The van der Waals surface area contributed by atoms with Gasteiger partial charge in [0.1, 0.15) is 0 Å². The van der Waals surface area contributed by atoms with Crippen LogP contribution in [0, 0.1) is 6.92 Å². The molecule has 2 fully saturated rings. The molecule has 0 saturated carbocycles. The molecule has 2 saturated heterocycles. The van der Waals surface area contributed by atoms with E-state index in [0.717, 1.165) is 18.6 Å². The van der Waals surface area contributed by atoms with Crippen LogP contribution < -0.4 is 5.32 Å². The maximum atomic E-state index is 3.68. The summed E-state index contributed by atoms with van der Waals surface area (Å²) in [5, 5.41) is 3.68. The van der Waals surface area contributed by atoms with Crippen molar-refractivity contribution in [3.8, 4) is 0 Å². The van der Waals surface area contributed by atoms with E-state index >= 15 is 0 Å². The van der Waals surface area contributed by atoms with Gasteiger partial charge in [0.05, 0.1) is 0 Å². The van der Waals surface area contributed by atoms with Gasteiger partial charge in [-0.05, 0) is 51.3 Å². The van der Waals surface area contributed by atoms with E-state index in [1.54, 1.807) is 0 Å². The Morgan fingerprint density at radius 2 is 2.22 bits per heavy atom. The lowest BCUT2D eigenvalue weighted by atomic mass is 10.0. The zero-order chi connectivity index (χ0) is 12.4. The van der Waals surface area contributed by atoms with E-state index < -0.39 is 0 Å². The Morgan fingerprint density at radius 1 is 1.28 bits per heavy atom. The summed E-state index contributed by atoms with van der Waals surface area (Å²) in [6.45, 7) is 5.81. The van der Waals surface area contributed by atoms with Gasteiger partial charge in [-0.2, -0.15) is 0 Å². The van der Waals surface area contributed by atoms with E-state index in [0.29, 0.717) is 0 Å². The van der Waals surface area contributed by atoms with Gasteiger partial charge in [0.2, 0.25) is 0 Å². The normalized spacial score (nSPS) is 28.9. The Balaban J connectivity index is 1.67. The van der Waals surface area contributed by atoms with Crippen LogP contribution in [-0.2, 0) is 6.54 Å². The molecule has 18 heavy (non-hydrogen) atoms. The van der Waals surface area contributed by atoms with Gasteiger partial charge < -0.3 is 5.32 Å². The molecule has 0 spiro atoms. The summed E-state index contributed by atoms with van der Waals surface area (Å²) in [6.07, 6.45) is 5.48. The molecule has 0 bridgehead atoms. The van der Waals surface area contributed by atoms with E-state index in [1.165, 1.54) is 49.9 Å². The van der Waals surface area contributed by atoms with Crippen molar-refractivity contribution in [2.45, 2.75) is 51.2 Å². The van der Waals surface area contributed by atoms with Crippen molar-refractivity contribution < 1.29 is 0 Å². The highest BCUT2D eigenvalue weighted by Crippen LogP contribution is 2.26. The predicted molar refractivity (Wildman–Crippen MR) is 75.6 cm³/mol. The fraction of sp³-hybridized carbons (Fsp3) is 0.625. The number of hydrogen-bond acceptors (Lipinski definition) is 2. The Kier molecular flexibility index (Phi) is 3.67. The lowest BCUT2D eigenvalue weighted by Crippen LogP contribution is -2.43. The second-order valence-corrected chi connectivity index (χ2v) is 5.87. The van der Waals surface area contributed by atoms with E-state index in [9.17, 15) is 0 Å². The van der Waals surface area contributed by atoms with E-state index in [2.05, 4.69) is 41.4 Å². The molecule has 0 amide bonds. The monoisotopic (exact) mass is 244 g/mol.